The highest BCUT2D eigenvalue weighted by Crippen LogP contribution is 2.30. The van der Waals surface area contributed by atoms with E-state index < -0.39 is 10.8 Å². The number of hydrogen-bond acceptors (Lipinski definition) is 6. The van der Waals surface area contributed by atoms with E-state index in [2.05, 4.69) is 10.6 Å². The highest BCUT2D eigenvalue weighted by Gasteiger charge is 2.18. The molecule has 2 rings (SSSR count). The third-order valence-electron chi connectivity index (χ3n) is 4.01. The van der Waals surface area contributed by atoms with Gasteiger partial charge in [0.2, 0.25) is 17.7 Å². The van der Waals surface area contributed by atoms with E-state index in [4.69, 9.17) is 5.73 Å². The molecule has 0 heterocycles. The van der Waals surface area contributed by atoms with E-state index in [0.717, 1.165) is 23.4 Å². The van der Waals surface area contributed by atoms with Gasteiger partial charge in [-0.1, -0.05) is 26.0 Å². The number of nitrogens with one attached hydrogen (secondary N) is 2. The van der Waals surface area contributed by atoms with Crippen molar-refractivity contribution in [3.63, 3.8) is 0 Å². The minimum absolute atomic E-state index is 0.0277. The zero-order valence-corrected chi connectivity index (χ0v) is 17.3. The van der Waals surface area contributed by atoms with Gasteiger partial charge in [0, 0.05) is 29.8 Å². The molecule has 3 amide bonds. The number of nitrogens with zero attached hydrogens (tertiary/aromatic N) is 1. The Balaban J connectivity index is 1.94. The maximum Gasteiger partial charge on any atom is 0.283 e. The topological polar surface area (TPSA) is 144 Å². The molecule has 0 aliphatic carbocycles. The van der Waals surface area contributed by atoms with Crippen molar-refractivity contribution in [1.82, 2.24) is 5.32 Å². The molecule has 0 saturated heterocycles. The van der Waals surface area contributed by atoms with Gasteiger partial charge in [0.15, 0.2) is 0 Å². The number of anilines is 1. The second-order valence-corrected chi connectivity index (χ2v) is 7.73. The molecule has 0 atom stereocenters. The summed E-state index contributed by atoms with van der Waals surface area (Å²) in [4.78, 5) is 46.0. The number of primary amides is 1. The largest absolute Gasteiger partial charge is 0.366 e. The standard InChI is InChI=1S/C20H22N4O5S/c1-12(2)20(27)23-15-5-3-4-13(8-15)10-22-18(25)11-30-17-7-6-14(19(21)26)9-16(17)24(28)29/h3-9,12H,10-11H2,1-2H3,(H2,21,26)(H,22,25)(H,23,27). The lowest BCUT2D eigenvalue weighted by Gasteiger charge is -2.10. The number of nitro groups is 1. The van der Waals surface area contributed by atoms with Crippen molar-refractivity contribution >= 4 is 40.9 Å². The predicted molar refractivity (Wildman–Crippen MR) is 114 cm³/mol. The molecule has 0 radical (unpaired) electrons. The van der Waals surface area contributed by atoms with E-state index in [1.165, 1.54) is 12.1 Å². The molecule has 0 fully saturated rings. The molecule has 0 spiro atoms. The molecular weight excluding hydrogens is 408 g/mol. The Bertz CT molecular complexity index is 977. The summed E-state index contributed by atoms with van der Waals surface area (Å²) in [5.74, 6) is -1.37. The van der Waals surface area contributed by atoms with Crippen LogP contribution in [-0.2, 0) is 16.1 Å². The summed E-state index contributed by atoms with van der Waals surface area (Å²) in [6.07, 6.45) is 0. The first-order valence-electron chi connectivity index (χ1n) is 9.05. The van der Waals surface area contributed by atoms with Gasteiger partial charge in [0.25, 0.3) is 5.69 Å². The number of thioether (sulfide) groups is 1. The monoisotopic (exact) mass is 430 g/mol. The molecule has 2 aromatic carbocycles. The van der Waals surface area contributed by atoms with Crippen LogP contribution in [0, 0.1) is 16.0 Å². The van der Waals surface area contributed by atoms with Gasteiger partial charge in [0.1, 0.15) is 0 Å². The lowest BCUT2D eigenvalue weighted by Crippen LogP contribution is -2.24. The number of carbonyl (C=O) groups excluding carboxylic acids is 3. The molecule has 2 aromatic rings. The minimum atomic E-state index is -0.765. The Morgan fingerprint density at radius 1 is 1.17 bits per heavy atom. The van der Waals surface area contributed by atoms with E-state index in [0.29, 0.717) is 5.69 Å². The first kappa shape index (κ1) is 22.9. The van der Waals surface area contributed by atoms with Gasteiger partial charge >= 0.3 is 0 Å². The number of rotatable bonds is 9. The lowest BCUT2D eigenvalue weighted by molar-refractivity contribution is -0.387. The van der Waals surface area contributed by atoms with Crippen LogP contribution < -0.4 is 16.4 Å². The van der Waals surface area contributed by atoms with E-state index in [-0.39, 0.29) is 46.2 Å². The van der Waals surface area contributed by atoms with Gasteiger partial charge in [0.05, 0.1) is 15.6 Å². The van der Waals surface area contributed by atoms with Crippen LogP contribution in [0.1, 0.15) is 29.8 Å². The Labute approximate surface area is 177 Å². The molecule has 0 unspecified atom stereocenters. The minimum Gasteiger partial charge on any atom is -0.366 e. The predicted octanol–water partition coefficient (Wildman–Crippen LogP) is 2.70. The van der Waals surface area contributed by atoms with Gasteiger partial charge in [-0.2, -0.15) is 0 Å². The molecule has 158 valence electrons. The summed E-state index contributed by atoms with van der Waals surface area (Å²) >= 11 is 0.991. The smallest absolute Gasteiger partial charge is 0.283 e. The number of nitrogens with two attached hydrogens (primary N) is 1. The molecule has 4 N–H and O–H groups in total. The van der Waals surface area contributed by atoms with E-state index in [1.807, 2.05) is 6.07 Å². The second-order valence-electron chi connectivity index (χ2n) is 6.71. The molecule has 0 aliphatic rings. The zero-order chi connectivity index (χ0) is 22.3. The first-order valence-corrected chi connectivity index (χ1v) is 10.0. The van der Waals surface area contributed by atoms with Crippen molar-refractivity contribution in [2.75, 3.05) is 11.1 Å². The maximum atomic E-state index is 12.2. The molecule has 9 nitrogen and oxygen atoms in total. The van der Waals surface area contributed by atoms with Crippen molar-refractivity contribution in [3.8, 4) is 0 Å². The third-order valence-corrected chi connectivity index (χ3v) is 5.07. The number of amides is 3. The maximum absolute atomic E-state index is 12.2. The van der Waals surface area contributed by atoms with Crippen LogP contribution in [0.25, 0.3) is 0 Å². The lowest BCUT2D eigenvalue weighted by atomic mass is 10.1. The fourth-order valence-corrected chi connectivity index (χ4v) is 3.21. The normalized spacial score (nSPS) is 10.5. The summed E-state index contributed by atoms with van der Waals surface area (Å²) in [5.41, 5.74) is 6.33. The van der Waals surface area contributed by atoms with Crippen LogP contribution in [-0.4, -0.2) is 28.4 Å². The molecule has 0 aliphatic heterocycles. The SMILES string of the molecule is CC(C)C(=O)Nc1cccc(CNC(=O)CSc2ccc(C(N)=O)cc2[N+](=O)[O-])c1. The Kier molecular flexibility index (Phi) is 7.93. The van der Waals surface area contributed by atoms with Crippen molar-refractivity contribution in [1.29, 1.82) is 0 Å². The number of benzene rings is 2. The highest BCUT2D eigenvalue weighted by molar-refractivity contribution is 8.00. The van der Waals surface area contributed by atoms with Crippen LogP contribution in [0.3, 0.4) is 0 Å². The highest BCUT2D eigenvalue weighted by atomic mass is 32.2. The van der Waals surface area contributed by atoms with Crippen LogP contribution in [0.5, 0.6) is 0 Å². The average Bonchev–Trinajstić information content (AvgIpc) is 2.70. The molecule has 0 saturated carbocycles. The quantitative estimate of drug-likeness (QED) is 0.317. The number of carbonyl (C=O) groups is 3. The average molecular weight is 430 g/mol. The molecule has 0 bridgehead atoms. The molecule has 30 heavy (non-hydrogen) atoms. The summed E-state index contributed by atoms with van der Waals surface area (Å²) in [6, 6.07) is 11.0. The fourth-order valence-electron chi connectivity index (χ4n) is 2.38. The van der Waals surface area contributed by atoms with Gasteiger partial charge < -0.3 is 16.4 Å². The third kappa shape index (κ3) is 6.59. The first-order chi connectivity index (χ1) is 14.2. The van der Waals surface area contributed by atoms with Gasteiger partial charge in [-0.05, 0) is 29.8 Å². The van der Waals surface area contributed by atoms with Crippen molar-refractivity contribution in [2.45, 2.75) is 25.3 Å². The van der Waals surface area contributed by atoms with E-state index >= 15 is 0 Å². The zero-order valence-electron chi connectivity index (χ0n) is 16.5. The van der Waals surface area contributed by atoms with E-state index in [1.54, 1.807) is 32.0 Å². The molecular formula is C20H22N4O5S. The van der Waals surface area contributed by atoms with Crippen LogP contribution >= 0.6 is 11.8 Å². The van der Waals surface area contributed by atoms with Crippen LogP contribution in [0.2, 0.25) is 0 Å². The summed E-state index contributed by atoms with van der Waals surface area (Å²) in [6.45, 7) is 3.83. The summed E-state index contributed by atoms with van der Waals surface area (Å²) in [5, 5.41) is 16.7. The van der Waals surface area contributed by atoms with Crippen molar-refractivity contribution < 1.29 is 19.3 Å². The van der Waals surface area contributed by atoms with Crippen molar-refractivity contribution in [2.24, 2.45) is 11.7 Å². The summed E-state index contributed by atoms with van der Waals surface area (Å²) in [7, 11) is 0. The van der Waals surface area contributed by atoms with Gasteiger partial charge in [-0.3, -0.25) is 24.5 Å². The van der Waals surface area contributed by atoms with Crippen LogP contribution in [0.4, 0.5) is 11.4 Å². The Morgan fingerprint density at radius 2 is 1.90 bits per heavy atom. The molecule has 0 aromatic heterocycles. The fraction of sp³-hybridized carbons (Fsp3) is 0.250. The summed E-state index contributed by atoms with van der Waals surface area (Å²) < 4.78 is 0. The van der Waals surface area contributed by atoms with Gasteiger partial charge in [-0.25, -0.2) is 0 Å². The Morgan fingerprint density at radius 3 is 2.53 bits per heavy atom. The van der Waals surface area contributed by atoms with E-state index in [9.17, 15) is 24.5 Å². The number of hydrogen-bond donors (Lipinski definition) is 3. The Hall–Kier alpha value is -3.40. The van der Waals surface area contributed by atoms with Gasteiger partial charge in [-0.15, -0.1) is 11.8 Å². The number of nitro benzene ring substituents is 1. The van der Waals surface area contributed by atoms with Crippen LogP contribution in [0.15, 0.2) is 47.4 Å². The molecule has 10 heteroatoms. The van der Waals surface area contributed by atoms with Crippen molar-refractivity contribution in [3.05, 3.63) is 63.7 Å². The second kappa shape index (κ2) is 10.4.